The summed E-state index contributed by atoms with van der Waals surface area (Å²) in [4.78, 5) is 12.4. The zero-order valence-corrected chi connectivity index (χ0v) is 13.8. The van der Waals surface area contributed by atoms with Gasteiger partial charge in [0.2, 0.25) is 0 Å². The van der Waals surface area contributed by atoms with Crippen molar-refractivity contribution in [3.63, 3.8) is 0 Å². The van der Waals surface area contributed by atoms with Gasteiger partial charge in [-0.15, -0.1) is 0 Å². The van der Waals surface area contributed by atoms with Crippen LogP contribution in [0.2, 0.25) is 0 Å². The molecule has 1 aliphatic rings. The van der Waals surface area contributed by atoms with E-state index in [0.29, 0.717) is 23.0 Å². The average Bonchev–Trinajstić information content (AvgIpc) is 2.49. The zero-order valence-electron chi connectivity index (χ0n) is 13.8. The number of amides is 1. The third-order valence-electron chi connectivity index (χ3n) is 3.93. The molecule has 0 aromatic heterocycles. The van der Waals surface area contributed by atoms with Crippen LogP contribution in [0, 0.1) is 5.92 Å². The van der Waals surface area contributed by atoms with E-state index in [1.807, 2.05) is 13.8 Å². The Hall–Kier alpha value is -1.75. The molecule has 2 N–H and O–H groups in total. The van der Waals surface area contributed by atoms with E-state index in [1.165, 1.54) is 0 Å². The van der Waals surface area contributed by atoms with Gasteiger partial charge in [0.1, 0.15) is 0 Å². The van der Waals surface area contributed by atoms with Gasteiger partial charge in [-0.1, -0.05) is 6.92 Å². The lowest BCUT2D eigenvalue weighted by Gasteiger charge is -2.30. The highest BCUT2D eigenvalue weighted by molar-refractivity contribution is 5.95. The number of nitrogens with one attached hydrogen (secondary N) is 2. The quantitative estimate of drug-likeness (QED) is 0.875. The average molecular weight is 306 g/mol. The fourth-order valence-corrected chi connectivity index (χ4v) is 2.59. The highest BCUT2D eigenvalue weighted by Crippen LogP contribution is 2.29. The number of rotatable bonds is 5. The molecule has 1 aromatic carbocycles. The van der Waals surface area contributed by atoms with Gasteiger partial charge in [-0.2, -0.15) is 0 Å². The number of piperidine rings is 1. The summed E-state index contributed by atoms with van der Waals surface area (Å²) < 4.78 is 11.0. The predicted octanol–water partition coefficient (Wildman–Crippen LogP) is 2.21. The molecule has 1 aromatic rings. The second kappa shape index (κ2) is 7.49. The monoisotopic (exact) mass is 306 g/mol. The number of methoxy groups -OCH3 is 1. The van der Waals surface area contributed by atoms with Gasteiger partial charge in [0.05, 0.1) is 13.2 Å². The lowest BCUT2D eigenvalue weighted by atomic mass is 9.94. The summed E-state index contributed by atoms with van der Waals surface area (Å²) in [6.07, 6.45) is 1.14. The minimum atomic E-state index is -0.0741. The van der Waals surface area contributed by atoms with E-state index in [9.17, 15) is 4.79 Å². The van der Waals surface area contributed by atoms with Gasteiger partial charge < -0.3 is 20.1 Å². The van der Waals surface area contributed by atoms with Crippen molar-refractivity contribution in [1.29, 1.82) is 0 Å². The maximum absolute atomic E-state index is 12.4. The van der Waals surface area contributed by atoms with Crippen LogP contribution >= 0.6 is 0 Å². The van der Waals surface area contributed by atoms with Crippen molar-refractivity contribution in [2.75, 3.05) is 20.2 Å². The topological polar surface area (TPSA) is 59.6 Å². The van der Waals surface area contributed by atoms with Crippen molar-refractivity contribution in [1.82, 2.24) is 10.6 Å². The normalized spacial score (nSPS) is 21.5. The molecule has 0 bridgehead atoms. The van der Waals surface area contributed by atoms with Crippen LogP contribution < -0.4 is 20.1 Å². The first-order valence-electron chi connectivity index (χ1n) is 7.87. The summed E-state index contributed by atoms with van der Waals surface area (Å²) >= 11 is 0. The Kier molecular flexibility index (Phi) is 5.66. The van der Waals surface area contributed by atoms with Crippen LogP contribution in [-0.4, -0.2) is 38.3 Å². The second-order valence-corrected chi connectivity index (χ2v) is 6.08. The highest BCUT2D eigenvalue weighted by Gasteiger charge is 2.23. The SMILES string of the molecule is COc1cc(C(=O)NC2CNCCC2C)ccc1OC(C)C. The lowest BCUT2D eigenvalue weighted by molar-refractivity contribution is 0.0915. The van der Waals surface area contributed by atoms with Crippen molar-refractivity contribution >= 4 is 5.91 Å². The molecule has 1 saturated heterocycles. The lowest BCUT2D eigenvalue weighted by Crippen LogP contribution is -2.50. The Labute approximate surface area is 132 Å². The molecule has 2 atom stereocenters. The predicted molar refractivity (Wildman–Crippen MR) is 86.7 cm³/mol. The summed E-state index contributed by atoms with van der Waals surface area (Å²) in [5, 5.41) is 6.41. The van der Waals surface area contributed by atoms with E-state index >= 15 is 0 Å². The number of carbonyl (C=O) groups is 1. The number of ether oxygens (including phenoxy) is 2. The molecule has 2 rings (SSSR count). The first-order chi connectivity index (χ1) is 10.5. The smallest absolute Gasteiger partial charge is 0.251 e. The van der Waals surface area contributed by atoms with E-state index in [0.717, 1.165) is 19.5 Å². The maximum atomic E-state index is 12.4. The second-order valence-electron chi connectivity index (χ2n) is 6.08. The maximum Gasteiger partial charge on any atom is 0.251 e. The summed E-state index contributed by atoms with van der Waals surface area (Å²) in [5.41, 5.74) is 0.589. The van der Waals surface area contributed by atoms with Gasteiger partial charge in [-0.3, -0.25) is 4.79 Å². The highest BCUT2D eigenvalue weighted by atomic mass is 16.5. The molecule has 5 nitrogen and oxygen atoms in total. The molecule has 1 aliphatic heterocycles. The summed E-state index contributed by atoms with van der Waals surface area (Å²) in [6.45, 7) is 7.92. The van der Waals surface area contributed by atoms with Gasteiger partial charge >= 0.3 is 0 Å². The molecule has 5 heteroatoms. The fourth-order valence-electron chi connectivity index (χ4n) is 2.59. The van der Waals surface area contributed by atoms with Crippen molar-refractivity contribution in [3.8, 4) is 11.5 Å². The zero-order chi connectivity index (χ0) is 16.1. The third-order valence-corrected chi connectivity index (χ3v) is 3.93. The van der Waals surface area contributed by atoms with Crippen molar-refractivity contribution in [2.24, 2.45) is 5.92 Å². The number of carbonyl (C=O) groups excluding carboxylic acids is 1. The summed E-state index contributed by atoms with van der Waals surface area (Å²) in [7, 11) is 1.58. The van der Waals surface area contributed by atoms with Crippen LogP contribution in [0.25, 0.3) is 0 Å². The van der Waals surface area contributed by atoms with Crippen LogP contribution in [0.4, 0.5) is 0 Å². The molecular weight excluding hydrogens is 280 g/mol. The molecule has 0 saturated carbocycles. The van der Waals surface area contributed by atoms with E-state index in [1.54, 1.807) is 25.3 Å². The summed E-state index contributed by atoms with van der Waals surface area (Å²) in [6, 6.07) is 5.46. The molecule has 2 unspecified atom stereocenters. The van der Waals surface area contributed by atoms with Crippen LogP contribution in [0.1, 0.15) is 37.6 Å². The molecule has 22 heavy (non-hydrogen) atoms. The number of benzene rings is 1. The molecule has 0 aliphatic carbocycles. The third kappa shape index (κ3) is 4.13. The van der Waals surface area contributed by atoms with Gasteiger partial charge in [-0.25, -0.2) is 0 Å². The van der Waals surface area contributed by atoms with E-state index in [2.05, 4.69) is 17.6 Å². The number of hydrogen-bond acceptors (Lipinski definition) is 4. The molecule has 0 spiro atoms. The molecule has 122 valence electrons. The molecular formula is C17H26N2O3. The van der Waals surface area contributed by atoms with Gasteiger partial charge in [0.15, 0.2) is 11.5 Å². The summed E-state index contributed by atoms with van der Waals surface area (Å²) in [5.74, 6) is 1.64. The van der Waals surface area contributed by atoms with Crippen LogP contribution in [-0.2, 0) is 0 Å². The molecule has 1 amide bonds. The van der Waals surface area contributed by atoms with Gasteiger partial charge in [0.25, 0.3) is 5.91 Å². The molecule has 1 fully saturated rings. The Bertz CT molecular complexity index is 517. The van der Waals surface area contributed by atoms with E-state index < -0.39 is 0 Å². The fraction of sp³-hybridized carbons (Fsp3) is 0.588. The largest absolute Gasteiger partial charge is 0.493 e. The Balaban J connectivity index is 2.09. The van der Waals surface area contributed by atoms with E-state index in [-0.39, 0.29) is 18.1 Å². The number of hydrogen-bond donors (Lipinski definition) is 2. The van der Waals surface area contributed by atoms with Crippen molar-refractivity contribution in [2.45, 2.75) is 39.3 Å². The van der Waals surface area contributed by atoms with E-state index in [4.69, 9.17) is 9.47 Å². The van der Waals surface area contributed by atoms with Crippen LogP contribution in [0.3, 0.4) is 0 Å². The Morgan fingerprint density at radius 2 is 2.14 bits per heavy atom. The van der Waals surface area contributed by atoms with Gasteiger partial charge in [0, 0.05) is 18.2 Å². The first-order valence-corrected chi connectivity index (χ1v) is 7.87. The Morgan fingerprint density at radius 3 is 2.77 bits per heavy atom. The van der Waals surface area contributed by atoms with Crippen molar-refractivity contribution < 1.29 is 14.3 Å². The minimum absolute atomic E-state index is 0.0581. The van der Waals surface area contributed by atoms with Crippen molar-refractivity contribution in [3.05, 3.63) is 23.8 Å². The standard InChI is InChI=1S/C17H26N2O3/c1-11(2)22-15-6-5-13(9-16(15)21-4)17(20)19-14-10-18-8-7-12(14)3/h5-6,9,11-12,14,18H,7-8,10H2,1-4H3,(H,19,20). The van der Waals surface area contributed by atoms with Gasteiger partial charge in [-0.05, 0) is 50.9 Å². The molecule has 1 heterocycles. The first kappa shape index (κ1) is 16.6. The Morgan fingerprint density at radius 1 is 1.36 bits per heavy atom. The van der Waals surface area contributed by atoms with Crippen LogP contribution in [0.5, 0.6) is 11.5 Å². The van der Waals surface area contributed by atoms with Crippen LogP contribution in [0.15, 0.2) is 18.2 Å². The molecule has 0 radical (unpaired) electrons. The minimum Gasteiger partial charge on any atom is -0.493 e.